The van der Waals surface area contributed by atoms with E-state index in [-0.39, 0.29) is 17.3 Å². The number of aryl methyl sites for hydroxylation is 1. The van der Waals surface area contributed by atoms with Crippen molar-refractivity contribution in [2.75, 3.05) is 20.3 Å². The standard InChI is InChI=1S/C19H29N3O3S/c1-4-9-20-12-15-13(2)16-17(23)22(14-7-5-6-8-14)19(24)21(10-11-25-3)18(16)26-15/h14,20H,4-12H2,1-3H3. The summed E-state index contributed by atoms with van der Waals surface area (Å²) in [4.78, 5) is 28.3. The third-order valence-corrected chi connectivity index (χ3v) is 6.58. The lowest BCUT2D eigenvalue weighted by molar-refractivity contribution is 0.186. The summed E-state index contributed by atoms with van der Waals surface area (Å²) in [6.07, 6.45) is 5.07. The molecule has 0 atom stereocenters. The molecule has 0 spiro atoms. The smallest absolute Gasteiger partial charge is 0.332 e. The molecular weight excluding hydrogens is 350 g/mol. The first-order valence-electron chi connectivity index (χ1n) is 9.57. The zero-order chi connectivity index (χ0) is 18.7. The molecule has 0 bridgehead atoms. The van der Waals surface area contributed by atoms with Gasteiger partial charge < -0.3 is 10.1 Å². The van der Waals surface area contributed by atoms with Gasteiger partial charge in [-0.1, -0.05) is 19.8 Å². The molecule has 1 aliphatic rings. The molecule has 3 rings (SSSR count). The number of ether oxygens (including phenoxy) is 1. The van der Waals surface area contributed by atoms with E-state index in [0.29, 0.717) is 18.5 Å². The van der Waals surface area contributed by atoms with Crippen LogP contribution in [0.4, 0.5) is 0 Å². The molecule has 2 aromatic heterocycles. The lowest BCUT2D eigenvalue weighted by Crippen LogP contribution is -2.42. The van der Waals surface area contributed by atoms with Crippen LogP contribution in [-0.4, -0.2) is 29.4 Å². The largest absolute Gasteiger partial charge is 0.383 e. The molecular formula is C19H29N3O3S. The minimum atomic E-state index is -0.180. The summed E-state index contributed by atoms with van der Waals surface area (Å²) in [6, 6.07) is 0.0363. The Morgan fingerprint density at radius 2 is 2.00 bits per heavy atom. The molecule has 0 amide bonds. The van der Waals surface area contributed by atoms with Crippen LogP contribution in [0.2, 0.25) is 0 Å². The predicted molar refractivity (Wildman–Crippen MR) is 106 cm³/mol. The molecule has 0 aromatic carbocycles. The molecule has 0 radical (unpaired) electrons. The molecule has 1 saturated carbocycles. The van der Waals surface area contributed by atoms with Crippen LogP contribution in [0.1, 0.15) is 55.5 Å². The first kappa shape index (κ1) is 19.3. The molecule has 1 aliphatic carbocycles. The first-order chi connectivity index (χ1) is 12.6. The number of thiophene rings is 1. The molecule has 2 heterocycles. The van der Waals surface area contributed by atoms with Gasteiger partial charge in [0, 0.05) is 24.6 Å². The lowest BCUT2D eigenvalue weighted by atomic mass is 10.2. The zero-order valence-corrected chi connectivity index (χ0v) is 16.8. The van der Waals surface area contributed by atoms with Crippen LogP contribution < -0.4 is 16.6 Å². The van der Waals surface area contributed by atoms with Crippen LogP contribution in [0.3, 0.4) is 0 Å². The Kier molecular flexibility index (Phi) is 6.32. The zero-order valence-electron chi connectivity index (χ0n) is 16.0. The van der Waals surface area contributed by atoms with Crippen molar-refractivity contribution in [2.24, 2.45) is 0 Å². The number of hydrogen-bond acceptors (Lipinski definition) is 5. The van der Waals surface area contributed by atoms with Crippen LogP contribution >= 0.6 is 11.3 Å². The third-order valence-electron chi connectivity index (χ3n) is 5.26. The fourth-order valence-corrected chi connectivity index (χ4v) is 5.11. The van der Waals surface area contributed by atoms with Crippen molar-refractivity contribution in [3.8, 4) is 0 Å². The number of nitrogens with one attached hydrogen (secondary N) is 1. The van der Waals surface area contributed by atoms with Gasteiger partial charge in [-0.05, 0) is 38.3 Å². The summed E-state index contributed by atoms with van der Waals surface area (Å²) in [7, 11) is 1.63. The van der Waals surface area contributed by atoms with Crippen LogP contribution in [-0.2, 0) is 17.8 Å². The van der Waals surface area contributed by atoms with Crippen LogP contribution in [0, 0.1) is 6.92 Å². The minimum Gasteiger partial charge on any atom is -0.383 e. The van der Waals surface area contributed by atoms with E-state index in [0.717, 1.165) is 60.5 Å². The number of rotatable bonds is 8. The summed E-state index contributed by atoms with van der Waals surface area (Å²) < 4.78 is 8.48. The SMILES string of the molecule is CCCNCc1sc2c(c1C)c(=O)n(C1CCCC1)c(=O)n2CCOC. The maximum Gasteiger partial charge on any atom is 0.332 e. The van der Waals surface area contributed by atoms with Gasteiger partial charge in [0.15, 0.2) is 0 Å². The second-order valence-electron chi connectivity index (χ2n) is 7.05. The molecule has 2 aromatic rings. The maximum atomic E-state index is 13.2. The van der Waals surface area contributed by atoms with Crippen molar-refractivity contribution in [3.05, 3.63) is 31.3 Å². The molecule has 1 N–H and O–H groups in total. The van der Waals surface area contributed by atoms with E-state index in [1.54, 1.807) is 23.0 Å². The number of methoxy groups -OCH3 is 1. The number of fused-ring (bicyclic) bond motifs is 1. The maximum absolute atomic E-state index is 13.2. The van der Waals surface area contributed by atoms with E-state index in [4.69, 9.17) is 4.74 Å². The van der Waals surface area contributed by atoms with Gasteiger partial charge in [-0.3, -0.25) is 13.9 Å². The number of hydrogen-bond donors (Lipinski definition) is 1. The van der Waals surface area contributed by atoms with E-state index in [1.165, 1.54) is 4.57 Å². The van der Waals surface area contributed by atoms with Crippen LogP contribution in [0.15, 0.2) is 9.59 Å². The summed E-state index contributed by atoms with van der Waals surface area (Å²) in [5, 5.41) is 4.12. The molecule has 0 saturated heterocycles. The van der Waals surface area contributed by atoms with Crippen molar-refractivity contribution in [1.82, 2.24) is 14.5 Å². The van der Waals surface area contributed by atoms with Gasteiger partial charge in [0.2, 0.25) is 0 Å². The van der Waals surface area contributed by atoms with Gasteiger partial charge in [0.25, 0.3) is 5.56 Å². The summed E-state index contributed by atoms with van der Waals surface area (Å²) in [6.45, 7) is 6.75. The Labute approximate surface area is 157 Å². The summed E-state index contributed by atoms with van der Waals surface area (Å²) in [5.41, 5.74) is 0.721. The average Bonchev–Trinajstić information content (AvgIpc) is 3.24. The quantitative estimate of drug-likeness (QED) is 0.717. The fraction of sp³-hybridized carbons (Fsp3) is 0.684. The van der Waals surface area contributed by atoms with Gasteiger partial charge in [-0.2, -0.15) is 0 Å². The van der Waals surface area contributed by atoms with Gasteiger partial charge in [0.1, 0.15) is 4.83 Å². The van der Waals surface area contributed by atoms with E-state index >= 15 is 0 Å². The molecule has 144 valence electrons. The van der Waals surface area contributed by atoms with Crippen molar-refractivity contribution in [2.45, 2.75) is 65.1 Å². The lowest BCUT2D eigenvalue weighted by Gasteiger charge is -2.16. The second kappa shape index (κ2) is 8.50. The molecule has 7 heteroatoms. The van der Waals surface area contributed by atoms with Crippen molar-refractivity contribution in [1.29, 1.82) is 0 Å². The third kappa shape index (κ3) is 3.52. The molecule has 1 fully saturated rings. The normalized spacial score (nSPS) is 15.3. The average molecular weight is 380 g/mol. The highest BCUT2D eigenvalue weighted by Crippen LogP contribution is 2.31. The molecule has 6 nitrogen and oxygen atoms in total. The van der Waals surface area contributed by atoms with Crippen molar-refractivity contribution >= 4 is 21.6 Å². The van der Waals surface area contributed by atoms with Crippen molar-refractivity contribution in [3.63, 3.8) is 0 Å². The fourth-order valence-electron chi connectivity index (χ4n) is 3.82. The second-order valence-corrected chi connectivity index (χ2v) is 8.13. The highest BCUT2D eigenvalue weighted by Gasteiger charge is 2.25. The molecule has 0 aliphatic heterocycles. The van der Waals surface area contributed by atoms with Crippen molar-refractivity contribution < 1.29 is 4.74 Å². The van der Waals surface area contributed by atoms with Gasteiger partial charge >= 0.3 is 5.69 Å². The summed E-state index contributed by atoms with van der Waals surface area (Å²) >= 11 is 1.56. The van der Waals surface area contributed by atoms with Gasteiger partial charge in [0.05, 0.1) is 18.5 Å². The Balaban J connectivity index is 2.18. The number of nitrogens with zero attached hydrogens (tertiary/aromatic N) is 2. The first-order valence-corrected chi connectivity index (χ1v) is 10.4. The summed E-state index contributed by atoms with van der Waals surface area (Å²) in [5.74, 6) is 0. The minimum absolute atomic E-state index is 0.0363. The van der Waals surface area contributed by atoms with Crippen LogP contribution in [0.5, 0.6) is 0 Å². The van der Waals surface area contributed by atoms with E-state index in [1.807, 2.05) is 6.92 Å². The van der Waals surface area contributed by atoms with E-state index in [9.17, 15) is 9.59 Å². The monoisotopic (exact) mass is 379 g/mol. The Morgan fingerprint density at radius 1 is 1.27 bits per heavy atom. The van der Waals surface area contributed by atoms with Gasteiger partial charge in [-0.25, -0.2) is 4.79 Å². The Bertz CT molecular complexity index is 875. The van der Waals surface area contributed by atoms with Gasteiger partial charge in [-0.15, -0.1) is 11.3 Å². The highest BCUT2D eigenvalue weighted by atomic mass is 32.1. The Morgan fingerprint density at radius 3 is 2.65 bits per heavy atom. The Hall–Kier alpha value is -1.44. The molecule has 26 heavy (non-hydrogen) atoms. The van der Waals surface area contributed by atoms with E-state index < -0.39 is 0 Å². The highest BCUT2D eigenvalue weighted by molar-refractivity contribution is 7.18. The van der Waals surface area contributed by atoms with Crippen LogP contribution in [0.25, 0.3) is 10.2 Å². The van der Waals surface area contributed by atoms with E-state index in [2.05, 4.69) is 12.2 Å². The topological polar surface area (TPSA) is 65.3 Å². The number of aromatic nitrogens is 2. The molecule has 0 unspecified atom stereocenters. The predicted octanol–water partition coefficient (Wildman–Crippen LogP) is 2.79.